The van der Waals surface area contributed by atoms with Crippen LogP contribution < -0.4 is 0 Å². The van der Waals surface area contributed by atoms with Gasteiger partial charge in [0.05, 0.1) is 5.41 Å². The highest BCUT2D eigenvalue weighted by Crippen LogP contribution is 2.29. The van der Waals surface area contributed by atoms with Crippen LogP contribution in [0.3, 0.4) is 0 Å². The summed E-state index contributed by atoms with van der Waals surface area (Å²) in [6.45, 7) is 10.2. The van der Waals surface area contributed by atoms with Gasteiger partial charge in [0.1, 0.15) is 0 Å². The van der Waals surface area contributed by atoms with Crippen LogP contribution in [0.15, 0.2) is 0 Å². The molecule has 1 aliphatic rings. The number of hydrogen-bond acceptors (Lipinski definition) is 2. The van der Waals surface area contributed by atoms with E-state index in [1.165, 1.54) is 12.8 Å². The molecule has 3 nitrogen and oxygen atoms in total. The maximum absolute atomic E-state index is 11.4. The minimum Gasteiger partial charge on any atom is -0.481 e. The van der Waals surface area contributed by atoms with Gasteiger partial charge in [0, 0.05) is 19.1 Å². The number of piperidine rings is 1. The Morgan fingerprint density at radius 3 is 2.59 bits per heavy atom. The van der Waals surface area contributed by atoms with E-state index in [0.717, 1.165) is 19.4 Å². The molecule has 0 aromatic carbocycles. The average Bonchev–Trinajstić information content (AvgIpc) is 2.23. The average molecular weight is 241 g/mol. The molecule has 17 heavy (non-hydrogen) atoms. The number of hydrogen-bond donors (Lipinski definition) is 1. The summed E-state index contributed by atoms with van der Waals surface area (Å²) in [6.07, 6.45) is 4.17. The first kappa shape index (κ1) is 14.5. The van der Waals surface area contributed by atoms with E-state index in [1.54, 1.807) is 0 Å². The summed E-state index contributed by atoms with van der Waals surface area (Å²) in [7, 11) is 0. The lowest BCUT2D eigenvalue weighted by atomic mass is 9.83. The van der Waals surface area contributed by atoms with Gasteiger partial charge in [-0.3, -0.25) is 9.69 Å². The number of carboxylic acids is 1. The van der Waals surface area contributed by atoms with Crippen LogP contribution in [0, 0.1) is 11.3 Å². The first-order valence-electron chi connectivity index (χ1n) is 6.86. The Balaban J connectivity index is 2.68. The molecule has 0 radical (unpaired) electrons. The highest BCUT2D eigenvalue weighted by molar-refractivity contribution is 5.74. The molecule has 0 aromatic heterocycles. The minimum absolute atomic E-state index is 0.529. The maximum Gasteiger partial charge on any atom is 0.310 e. The molecule has 3 heteroatoms. The van der Waals surface area contributed by atoms with Gasteiger partial charge in [0.25, 0.3) is 0 Å². The van der Waals surface area contributed by atoms with E-state index in [9.17, 15) is 9.90 Å². The molecule has 1 rings (SSSR count). The van der Waals surface area contributed by atoms with Gasteiger partial charge in [-0.05, 0) is 39.0 Å². The predicted octanol–water partition coefficient (Wildman–Crippen LogP) is 3.00. The third kappa shape index (κ3) is 3.70. The fourth-order valence-corrected chi connectivity index (χ4v) is 2.85. The van der Waals surface area contributed by atoms with Crippen molar-refractivity contribution in [3.8, 4) is 0 Å². The zero-order valence-electron chi connectivity index (χ0n) is 11.7. The van der Waals surface area contributed by atoms with E-state index in [2.05, 4.69) is 25.7 Å². The number of nitrogens with zero attached hydrogens (tertiary/aromatic N) is 1. The van der Waals surface area contributed by atoms with E-state index in [1.807, 2.05) is 6.92 Å². The lowest BCUT2D eigenvalue weighted by Crippen LogP contribution is -2.48. The van der Waals surface area contributed by atoms with Crippen LogP contribution in [0.4, 0.5) is 0 Å². The van der Waals surface area contributed by atoms with E-state index in [-0.39, 0.29) is 0 Å². The third-order valence-corrected chi connectivity index (χ3v) is 4.12. The molecule has 1 saturated heterocycles. The molecule has 0 aliphatic carbocycles. The molecule has 1 fully saturated rings. The second-order valence-electron chi connectivity index (χ2n) is 6.08. The Bertz CT molecular complexity index is 267. The van der Waals surface area contributed by atoms with Gasteiger partial charge in [-0.1, -0.05) is 20.3 Å². The summed E-state index contributed by atoms with van der Waals surface area (Å²) in [4.78, 5) is 13.8. The van der Waals surface area contributed by atoms with Crippen molar-refractivity contribution in [2.75, 3.05) is 13.1 Å². The van der Waals surface area contributed by atoms with Crippen molar-refractivity contribution < 1.29 is 9.90 Å². The fraction of sp³-hybridized carbons (Fsp3) is 0.929. The van der Waals surface area contributed by atoms with Crippen molar-refractivity contribution in [3.05, 3.63) is 0 Å². The number of aliphatic carboxylic acids is 1. The number of rotatable bonds is 5. The zero-order chi connectivity index (χ0) is 13.1. The van der Waals surface area contributed by atoms with Crippen LogP contribution in [0.2, 0.25) is 0 Å². The van der Waals surface area contributed by atoms with Crippen LogP contribution in [-0.2, 0) is 4.79 Å². The Kier molecular flexibility index (Phi) is 4.99. The van der Waals surface area contributed by atoms with Gasteiger partial charge in [-0.2, -0.15) is 0 Å². The topological polar surface area (TPSA) is 40.5 Å². The van der Waals surface area contributed by atoms with Crippen LogP contribution in [-0.4, -0.2) is 35.1 Å². The first-order valence-corrected chi connectivity index (χ1v) is 6.86. The van der Waals surface area contributed by atoms with Gasteiger partial charge >= 0.3 is 5.97 Å². The van der Waals surface area contributed by atoms with Crippen LogP contribution in [0.25, 0.3) is 0 Å². The smallest absolute Gasteiger partial charge is 0.310 e. The predicted molar refractivity (Wildman–Crippen MR) is 70.1 cm³/mol. The molecule has 0 aromatic rings. The molecule has 1 aliphatic heterocycles. The Morgan fingerprint density at radius 2 is 2.06 bits per heavy atom. The lowest BCUT2D eigenvalue weighted by molar-refractivity contribution is -0.150. The standard InChI is InChI=1S/C14H27NO2/c1-5-8-14(4,13(16)17)10-15-9-11(2)6-7-12(15)3/h11-12H,5-10H2,1-4H3,(H,16,17). The summed E-state index contributed by atoms with van der Waals surface area (Å²) < 4.78 is 0. The summed E-state index contributed by atoms with van der Waals surface area (Å²) in [5, 5.41) is 9.42. The largest absolute Gasteiger partial charge is 0.481 e. The zero-order valence-corrected chi connectivity index (χ0v) is 11.7. The molecule has 0 saturated carbocycles. The highest BCUT2D eigenvalue weighted by Gasteiger charge is 2.36. The molecular weight excluding hydrogens is 214 g/mol. The van der Waals surface area contributed by atoms with Crippen LogP contribution >= 0.6 is 0 Å². The SMILES string of the molecule is CCCC(C)(CN1CC(C)CCC1C)C(=O)O. The van der Waals surface area contributed by atoms with Crippen molar-refractivity contribution in [2.45, 2.75) is 59.4 Å². The van der Waals surface area contributed by atoms with Crippen molar-refractivity contribution in [1.82, 2.24) is 4.90 Å². The second kappa shape index (κ2) is 5.85. The normalized spacial score (nSPS) is 29.9. The minimum atomic E-state index is -0.648. The molecule has 3 atom stereocenters. The Hall–Kier alpha value is -0.570. The maximum atomic E-state index is 11.4. The molecular formula is C14H27NO2. The molecule has 3 unspecified atom stereocenters. The number of carboxylic acid groups (broad SMARTS) is 1. The van der Waals surface area contributed by atoms with Gasteiger partial charge in [-0.25, -0.2) is 0 Å². The van der Waals surface area contributed by atoms with Gasteiger partial charge in [0.2, 0.25) is 0 Å². The van der Waals surface area contributed by atoms with E-state index >= 15 is 0 Å². The Labute approximate surface area is 105 Å². The van der Waals surface area contributed by atoms with Crippen molar-refractivity contribution in [3.63, 3.8) is 0 Å². The molecule has 1 heterocycles. The summed E-state index contributed by atoms with van der Waals surface area (Å²) in [5.74, 6) is 0.0515. The quantitative estimate of drug-likeness (QED) is 0.804. The molecule has 0 bridgehead atoms. The van der Waals surface area contributed by atoms with E-state index in [4.69, 9.17) is 0 Å². The Morgan fingerprint density at radius 1 is 1.41 bits per heavy atom. The first-order chi connectivity index (χ1) is 7.89. The van der Waals surface area contributed by atoms with Gasteiger partial charge < -0.3 is 5.11 Å². The van der Waals surface area contributed by atoms with Gasteiger partial charge in [-0.15, -0.1) is 0 Å². The molecule has 0 amide bonds. The van der Waals surface area contributed by atoms with E-state index in [0.29, 0.717) is 18.5 Å². The van der Waals surface area contributed by atoms with Crippen molar-refractivity contribution >= 4 is 5.97 Å². The molecule has 100 valence electrons. The van der Waals surface area contributed by atoms with Crippen LogP contribution in [0.5, 0.6) is 0 Å². The van der Waals surface area contributed by atoms with Crippen molar-refractivity contribution in [2.24, 2.45) is 11.3 Å². The third-order valence-electron chi connectivity index (χ3n) is 4.12. The van der Waals surface area contributed by atoms with E-state index < -0.39 is 11.4 Å². The lowest BCUT2D eigenvalue weighted by Gasteiger charge is -2.41. The summed E-state index contributed by atoms with van der Waals surface area (Å²) in [5.41, 5.74) is -0.583. The molecule has 0 spiro atoms. The summed E-state index contributed by atoms with van der Waals surface area (Å²) in [6, 6.07) is 0.529. The van der Waals surface area contributed by atoms with Crippen molar-refractivity contribution in [1.29, 1.82) is 0 Å². The highest BCUT2D eigenvalue weighted by atomic mass is 16.4. The monoisotopic (exact) mass is 241 g/mol. The summed E-state index contributed by atoms with van der Waals surface area (Å²) >= 11 is 0. The van der Waals surface area contributed by atoms with Gasteiger partial charge in [0.15, 0.2) is 0 Å². The molecule has 1 N–H and O–H groups in total. The number of carbonyl (C=O) groups is 1. The fourth-order valence-electron chi connectivity index (χ4n) is 2.85. The van der Waals surface area contributed by atoms with Crippen LogP contribution in [0.1, 0.15) is 53.4 Å². The second-order valence-corrected chi connectivity index (χ2v) is 6.08. The number of likely N-dealkylation sites (tertiary alicyclic amines) is 1.